The molecule has 1 aromatic rings. The predicted octanol–water partition coefficient (Wildman–Crippen LogP) is 2.28. The minimum absolute atomic E-state index is 0.144. The van der Waals surface area contributed by atoms with Crippen LogP contribution in [0.3, 0.4) is 0 Å². The molecule has 0 aromatic carbocycles. The molecule has 2 aliphatic heterocycles. The predicted molar refractivity (Wildman–Crippen MR) is 72.6 cm³/mol. The lowest BCUT2D eigenvalue weighted by Gasteiger charge is -2.21. The van der Waals surface area contributed by atoms with Crippen molar-refractivity contribution in [3.63, 3.8) is 0 Å². The first kappa shape index (κ1) is 11.3. The molecular weight excluding hydrogens is 254 g/mol. The maximum atomic E-state index is 5.51. The molecule has 1 N–H and O–H groups in total. The summed E-state index contributed by atoms with van der Waals surface area (Å²) in [6.45, 7) is 2.06. The maximum Gasteiger partial charge on any atom is 0.262 e. The molecule has 1 unspecified atom stereocenters. The summed E-state index contributed by atoms with van der Waals surface area (Å²) in [5.41, 5.74) is 0.969. The Balaban J connectivity index is 1.88. The van der Waals surface area contributed by atoms with Gasteiger partial charge in [0, 0.05) is 0 Å². The zero-order valence-corrected chi connectivity index (χ0v) is 11.3. The molecule has 92 valence electrons. The lowest BCUT2D eigenvalue weighted by molar-refractivity contribution is 0.421. The van der Waals surface area contributed by atoms with Gasteiger partial charge in [0.15, 0.2) is 5.75 Å². The molecule has 17 heavy (non-hydrogen) atoms. The van der Waals surface area contributed by atoms with Gasteiger partial charge in [-0.15, -0.1) is 0 Å². The third-order valence-electron chi connectivity index (χ3n) is 3.24. The minimum Gasteiger partial charge on any atom is -0.428 e. The molecule has 0 radical (unpaired) electrons. The highest BCUT2D eigenvalue weighted by atomic mass is 32.2. The van der Waals surface area contributed by atoms with Crippen molar-refractivity contribution >= 4 is 29.2 Å². The van der Waals surface area contributed by atoms with E-state index in [-0.39, 0.29) is 6.04 Å². The summed E-state index contributed by atoms with van der Waals surface area (Å²) in [7, 11) is 0. The zero-order chi connectivity index (χ0) is 11.8. The quantitative estimate of drug-likeness (QED) is 0.792. The number of thiocarbonyl (C=S) groups is 1. The van der Waals surface area contributed by atoms with Gasteiger partial charge in [-0.3, -0.25) is 4.68 Å². The van der Waals surface area contributed by atoms with E-state index in [1.807, 2.05) is 18.0 Å². The van der Waals surface area contributed by atoms with Gasteiger partial charge in [0.2, 0.25) is 0 Å². The van der Waals surface area contributed by atoms with Gasteiger partial charge >= 0.3 is 0 Å². The van der Waals surface area contributed by atoms with Crippen LogP contribution in [0.4, 0.5) is 0 Å². The largest absolute Gasteiger partial charge is 0.428 e. The highest BCUT2D eigenvalue weighted by Crippen LogP contribution is 2.32. The Hall–Kier alpha value is -0.750. The van der Waals surface area contributed by atoms with Crippen molar-refractivity contribution < 1.29 is 4.74 Å². The van der Waals surface area contributed by atoms with Gasteiger partial charge in [-0.05, 0) is 43.5 Å². The number of nitrogens with one attached hydrogen (secondary N) is 1. The van der Waals surface area contributed by atoms with Gasteiger partial charge in [0.05, 0.1) is 18.3 Å². The lowest BCUT2D eigenvalue weighted by Crippen LogP contribution is -2.33. The van der Waals surface area contributed by atoms with Crippen LogP contribution in [0.25, 0.3) is 0 Å². The Bertz CT molecular complexity index is 440. The Morgan fingerprint density at radius 1 is 1.53 bits per heavy atom. The molecule has 0 saturated carbocycles. The summed E-state index contributed by atoms with van der Waals surface area (Å²) in [5.74, 6) is 3.27. The number of rotatable bonds is 1. The van der Waals surface area contributed by atoms with E-state index in [1.165, 1.54) is 24.3 Å². The van der Waals surface area contributed by atoms with Crippen molar-refractivity contribution in [2.45, 2.75) is 31.8 Å². The van der Waals surface area contributed by atoms with Crippen LogP contribution in [-0.2, 0) is 0 Å². The second-order valence-electron chi connectivity index (χ2n) is 4.46. The Kier molecular flexibility index (Phi) is 3.00. The topological polar surface area (TPSA) is 39.1 Å². The first-order valence-electron chi connectivity index (χ1n) is 5.89. The van der Waals surface area contributed by atoms with Gasteiger partial charge < -0.3 is 10.1 Å². The number of fused-ring (bicyclic) bond motifs is 1. The fraction of sp³-hybridized carbons (Fsp3) is 0.636. The minimum atomic E-state index is 0.144. The van der Waals surface area contributed by atoms with Crippen molar-refractivity contribution in [3.05, 3.63) is 11.9 Å². The molecule has 1 aromatic heterocycles. The molecule has 3 rings (SSSR count). The van der Waals surface area contributed by atoms with Crippen LogP contribution in [-0.4, -0.2) is 26.5 Å². The van der Waals surface area contributed by atoms with E-state index in [1.54, 1.807) is 0 Å². The average molecular weight is 269 g/mol. The molecule has 4 nitrogen and oxygen atoms in total. The molecule has 3 heterocycles. The summed E-state index contributed by atoms with van der Waals surface area (Å²) >= 11 is 7.07. The highest BCUT2D eigenvalue weighted by Gasteiger charge is 2.26. The summed E-state index contributed by atoms with van der Waals surface area (Å²) in [6, 6.07) is 0.664. The Morgan fingerprint density at radius 3 is 3.06 bits per heavy atom. The van der Waals surface area contributed by atoms with Crippen molar-refractivity contribution in [1.82, 2.24) is 15.1 Å². The van der Waals surface area contributed by atoms with E-state index in [2.05, 4.69) is 22.0 Å². The fourth-order valence-corrected chi connectivity index (χ4v) is 3.63. The third-order valence-corrected chi connectivity index (χ3v) is 4.49. The van der Waals surface area contributed by atoms with Crippen LogP contribution in [0.1, 0.15) is 37.5 Å². The van der Waals surface area contributed by atoms with Gasteiger partial charge in [-0.25, -0.2) is 0 Å². The third kappa shape index (κ3) is 2.15. The van der Waals surface area contributed by atoms with Crippen LogP contribution < -0.4 is 10.1 Å². The maximum absolute atomic E-state index is 5.51. The molecule has 1 fully saturated rings. The molecule has 1 saturated heterocycles. The smallest absolute Gasteiger partial charge is 0.262 e. The molecular formula is C11H15N3OS2. The van der Waals surface area contributed by atoms with Crippen LogP contribution in [0.15, 0.2) is 6.20 Å². The number of aromatic nitrogens is 2. The monoisotopic (exact) mass is 269 g/mol. The van der Waals surface area contributed by atoms with E-state index in [4.69, 9.17) is 17.0 Å². The highest BCUT2D eigenvalue weighted by molar-refractivity contribution is 7.99. The summed E-state index contributed by atoms with van der Waals surface area (Å²) in [6.07, 6.45) is 4.38. The lowest BCUT2D eigenvalue weighted by atomic mass is 10.2. The molecule has 0 amide bonds. The molecule has 2 aliphatic rings. The van der Waals surface area contributed by atoms with Crippen LogP contribution >= 0.6 is 24.0 Å². The first-order chi connectivity index (χ1) is 8.24. The van der Waals surface area contributed by atoms with Crippen molar-refractivity contribution in [1.29, 1.82) is 0 Å². The van der Waals surface area contributed by atoms with Gasteiger partial charge in [-0.1, -0.05) is 0 Å². The number of ether oxygens (including phenoxy) is 1. The number of thioether (sulfide) groups is 1. The van der Waals surface area contributed by atoms with E-state index in [0.717, 1.165) is 11.4 Å². The van der Waals surface area contributed by atoms with E-state index in [9.17, 15) is 0 Å². The second-order valence-corrected chi connectivity index (χ2v) is 6.05. The number of nitrogens with zero attached hydrogens (tertiary/aromatic N) is 2. The second kappa shape index (κ2) is 4.49. The summed E-state index contributed by atoms with van der Waals surface area (Å²) in [4.78, 5) is 0. The Morgan fingerprint density at radius 2 is 2.29 bits per heavy atom. The zero-order valence-electron chi connectivity index (χ0n) is 9.68. The van der Waals surface area contributed by atoms with Gasteiger partial charge in [-0.2, -0.15) is 16.9 Å². The average Bonchev–Trinajstić information content (AvgIpc) is 2.74. The molecule has 0 bridgehead atoms. The van der Waals surface area contributed by atoms with Gasteiger partial charge in [0.25, 0.3) is 5.17 Å². The van der Waals surface area contributed by atoms with Crippen LogP contribution in [0.5, 0.6) is 5.75 Å². The molecule has 6 heteroatoms. The summed E-state index contributed by atoms with van der Waals surface area (Å²) in [5, 5.41) is 8.18. The molecule has 0 spiro atoms. The van der Waals surface area contributed by atoms with Gasteiger partial charge in [0.1, 0.15) is 5.69 Å². The standard InChI is InChI=1S/C11H15N3OS2/c1-7-10-9(15-11(16)12-7)6-14(13-10)8-2-4-17-5-3-8/h6-8H,2-5H2,1H3,(H,12,16). The van der Waals surface area contributed by atoms with E-state index < -0.39 is 0 Å². The SMILES string of the molecule is CC1NC(=S)Oc2cn(C3CCSCC3)nc21. The number of hydrogen-bond acceptors (Lipinski definition) is 4. The molecule has 0 aliphatic carbocycles. The van der Waals surface area contributed by atoms with Crippen molar-refractivity contribution in [2.75, 3.05) is 11.5 Å². The first-order valence-corrected chi connectivity index (χ1v) is 7.45. The van der Waals surface area contributed by atoms with Crippen LogP contribution in [0, 0.1) is 0 Å². The van der Waals surface area contributed by atoms with E-state index in [0.29, 0.717) is 11.2 Å². The summed E-state index contributed by atoms with van der Waals surface area (Å²) < 4.78 is 7.57. The molecule has 1 atom stereocenters. The Labute approximate surface area is 110 Å². The fourth-order valence-electron chi connectivity index (χ4n) is 2.28. The number of hydrogen-bond donors (Lipinski definition) is 1. The van der Waals surface area contributed by atoms with E-state index >= 15 is 0 Å². The normalized spacial score (nSPS) is 25.0. The van der Waals surface area contributed by atoms with Crippen molar-refractivity contribution in [3.8, 4) is 5.75 Å². The van der Waals surface area contributed by atoms with Crippen LogP contribution in [0.2, 0.25) is 0 Å². The van der Waals surface area contributed by atoms with Crippen molar-refractivity contribution in [2.24, 2.45) is 0 Å².